The monoisotopic (exact) mass is 233 g/mol. The average Bonchev–Trinajstić information content (AvgIpc) is 2.33. The van der Waals surface area contributed by atoms with Crippen LogP contribution in [0.3, 0.4) is 0 Å². The van der Waals surface area contributed by atoms with Crippen LogP contribution in [0.4, 0.5) is 17.1 Å². The fourth-order valence-electron chi connectivity index (χ4n) is 1.74. The van der Waals surface area contributed by atoms with Crippen LogP contribution in [0.1, 0.15) is 13.8 Å². The zero-order valence-corrected chi connectivity index (χ0v) is 10.4. The van der Waals surface area contributed by atoms with Crippen molar-refractivity contribution in [1.29, 1.82) is 0 Å². The molecule has 17 heavy (non-hydrogen) atoms. The Morgan fingerprint density at radius 2 is 2.12 bits per heavy atom. The Balaban J connectivity index is 3.15. The lowest BCUT2D eigenvalue weighted by molar-refractivity contribution is -0.111. The zero-order valence-electron chi connectivity index (χ0n) is 10.4. The Morgan fingerprint density at radius 1 is 1.47 bits per heavy atom. The standard InChI is InChI=1S/C13H19N3O/c1-4-12(17)15-11-9-7-8-10(14)13(11)16(5-2)6-3/h4,7-9H,1,5-6,14H2,2-3H3,(H,15,17). The topological polar surface area (TPSA) is 58.4 Å². The molecular formula is C13H19N3O. The third-order valence-corrected chi connectivity index (χ3v) is 2.59. The summed E-state index contributed by atoms with van der Waals surface area (Å²) < 4.78 is 0. The van der Waals surface area contributed by atoms with E-state index >= 15 is 0 Å². The number of nitrogens with two attached hydrogens (primary N) is 1. The number of amides is 1. The summed E-state index contributed by atoms with van der Waals surface area (Å²) in [4.78, 5) is 13.5. The van der Waals surface area contributed by atoms with Gasteiger partial charge in [-0.05, 0) is 32.1 Å². The molecule has 0 saturated carbocycles. The first-order valence-corrected chi connectivity index (χ1v) is 5.70. The summed E-state index contributed by atoms with van der Waals surface area (Å²) in [6.07, 6.45) is 1.25. The van der Waals surface area contributed by atoms with Gasteiger partial charge in [-0.3, -0.25) is 4.79 Å². The van der Waals surface area contributed by atoms with Gasteiger partial charge in [0.1, 0.15) is 0 Å². The minimum atomic E-state index is -0.232. The molecule has 0 saturated heterocycles. The number of nitrogens with zero attached hydrogens (tertiary/aromatic N) is 1. The number of hydrogen-bond donors (Lipinski definition) is 2. The molecular weight excluding hydrogens is 214 g/mol. The predicted molar refractivity (Wildman–Crippen MR) is 73.2 cm³/mol. The van der Waals surface area contributed by atoms with Gasteiger partial charge >= 0.3 is 0 Å². The zero-order chi connectivity index (χ0) is 12.8. The van der Waals surface area contributed by atoms with Crippen LogP contribution >= 0.6 is 0 Å². The lowest BCUT2D eigenvalue weighted by Crippen LogP contribution is -2.25. The fourth-order valence-corrected chi connectivity index (χ4v) is 1.74. The maximum atomic E-state index is 11.4. The third-order valence-electron chi connectivity index (χ3n) is 2.59. The van der Waals surface area contributed by atoms with Gasteiger partial charge in [-0.25, -0.2) is 0 Å². The summed E-state index contributed by atoms with van der Waals surface area (Å²) >= 11 is 0. The van der Waals surface area contributed by atoms with E-state index in [9.17, 15) is 4.79 Å². The van der Waals surface area contributed by atoms with E-state index in [1.54, 1.807) is 0 Å². The van der Waals surface area contributed by atoms with Crippen LogP contribution in [-0.2, 0) is 4.79 Å². The van der Waals surface area contributed by atoms with Crippen molar-refractivity contribution in [2.45, 2.75) is 13.8 Å². The van der Waals surface area contributed by atoms with E-state index in [1.807, 2.05) is 18.2 Å². The van der Waals surface area contributed by atoms with E-state index < -0.39 is 0 Å². The van der Waals surface area contributed by atoms with Crippen LogP contribution in [0.15, 0.2) is 30.9 Å². The van der Waals surface area contributed by atoms with Gasteiger partial charge in [0.05, 0.1) is 17.1 Å². The first-order chi connectivity index (χ1) is 8.13. The van der Waals surface area contributed by atoms with Gasteiger partial charge in [0.15, 0.2) is 0 Å². The van der Waals surface area contributed by atoms with Crippen LogP contribution in [0.5, 0.6) is 0 Å². The molecule has 0 heterocycles. The maximum Gasteiger partial charge on any atom is 0.247 e. The molecule has 1 amide bonds. The molecule has 0 unspecified atom stereocenters. The molecule has 0 spiro atoms. The molecule has 0 aromatic heterocycles. The minimum absolute atomic E-state index is 0.232. The van der Waals surface area contributed by atoms with E-state index in [0.717, 1.165) is 24.5 Å². The first kappa shape index (κ1) is 13.1. The van der Waals surface area contributed by atoms with E-state index in [4.69, 9.17) is 5.73 Å². The number of nitrogen functional groups attached to an aromatic ring is 1. The van der Waals surface area contributed by atoms with E-state index in [-0.39, 0.29) is 5.91 Å². The fraction of sp³-hybridized carbons (Fsp3) is 0.308. The van der Waals surface area contributed by atoms with E-state index in [0.29, 0.717) is 5.69 Å². The largest absolute Gasteiger partial charge is 0.397 e. The predicted octanol–water partition coefficient (Wildman–Crippen LogP) is 2.24. The van der Waals surface area contributed by atoms with Gasteiger partial charge in [-0.1, -0.05) is 12.6 Å². The lowest BCUT2D eigenvalue weighted by atomic mass is 10.2. The molecule has 1 rings (SSSR count). The molecule has 0 aliphatic carbocycles. The van der Waals surface area contributed by atoms with Crippen LogP contribution in [-0.4, -0.2) is 19.0 Å². The molecule has 0 aliphatic rings. The summed E-state index contributed by atoms with van der Waals surface area (Å²) in [6, 6.07) is 5.49. The van der Waals surface area contributed by atoms with Gasteiger partial charge in [-0.15, -0.1) is 0 Å². The van der Waals surface area contributed by atoms with Crippen molar-refractivity contribution in [3.63, 3.8) is 0 Å². The molecule has 0 bridgehead atoms. The van der Waals surface area contributed by atoms with Gasteiger partial charge in [-0.2, -0.15) is 0 Å². The molecule has 4 heteroatoms. The SMILES string of the molecule is C=CC(=O)Nc1cccc(N)c1N(CC)CC. The summed E-state index contributed by atoms with van der Waals surface area (Å²) in [5, 5.41) is 2.77. The summed E-state index contributed by atoms with van der Waals surface area (Å²) in [7, 11) is 0. The van der Waals surface area contributed by atoms with E-state index in [1.165, 1.54) is 6.08 Å². The average molecular weight is 233 g/mol. The minimum Gasteiger partial charge on any atom is -0.397 e. The van der Waals surface area contributed by atoms with Crippen LogP contribution < -0.4 is 16.0 Å². The highest BCUT2D eigenvalue weighted by Crippen LogP contribution is 2.32. The van der Waals surface area contributed by atoms with Crippen molar-refractivity contribution in [3.8, 4) is 0 Å². The number of nitrogens with one attached hydrogen (secondary N) is 1. The van der Waals surface area contributed by atoms with Crippen molar-refractivity contribution in [2.24, 2.45) is 0 Å². The summed E-state index contributed by atoms with van der Waals surface area (Å²) in [5.74, 6) is -0.232. The van der Waals surface area contributed by atoms with Gasteiger partial charge < -0.3 is 16.0 Å². The highest BCUT2D eigenvalue weighted by Gasteiger charge is 2.12. The molecule has 92 valence electrons. The summed E-state index contributed by atoms with van der Waals surface area (Å²) in [5.41, 5.74) is 8.22. The van der Waals surface area contributed by atoms with E-state index in [2.05, 4.69) is 30.6 Å². The van der Waals surface area contributed by atoms with Gasteiger partial charge in [0.2, 0.25) is 5.91 Å². The molecule has 3 N–H and O–H groups in total. The Kier molecular flexibility index (Phi) is 4.57. The summed E-state index contributed by atoms with van der Waals surface area (Å²) in [6.45, 7) is 9.21. The second-order valence-electron chi connectivity index (χ2n) is 3.61. The normalized spacial score (nSPS) is 9.76. The third kappa shape index (κ3) is 3.00. The number of benzene rings is 1. The highest BCUT2D eigenvalue weighted by atomic mass is 16.1. The second kappa shape index (κ2) is 5.94. The lowest BCUT2D eigenvalue weighted by Gasteiger charge is -2.25. The second-order valence-corrected chi connectivity index (χ2v) is 3.61. The Morgan fingerprint density at radius 3 is 2.65 bits per heavy atom. The number of hydrogen-bond acceptors (Lipinski definition) is 3. The highest BCUT2D eigenvalue weighted by molar-refractivity contribution is 6.02. The number of carbonyl (C=O) groups is 1. The van der Waals surface area contributed by atoms with Crippen LogP contribution in [0.25, 0.3) is 0 Å². The molecule has 0 aliphatic heterocycles. The molecule has 4 nitrogen and oxygen atoms in total. The van der Waals surface area contributed by atoms with Crippen molar-refractivity contribution in [2.75, 3.05) is 29.0 Å². The van der Waals surface area contributed by atoms with Gasteiger partial charge in [0, 0.05) is 13.1 Å². The molecule has 0 radical (unpaired) electrons. The van der Waals surface area contributed by atoms with Crippen molar-refractivity contribution < 1.29 is 4.79 Å². The van der Waals surface area contributed by atoms with Crippen molar-refractivity contribution in [3.05, 3.63) is 30.9 Å². The molecule has 1 aromatic rings. The molecule has 0 atom stereocenters. The Hall–Kier alpha value is -1.97. The van der Waals surface area contributed by atoms with Gasteiger partial charge in [0.25, 0.3) is 0 Å². The number of anilines is 3. The van der Waals surface area contributed by atoms with Crippen LogP contribution in [0.2, 0.25) is 0 Å². The molecule has 0 fully saturated rings. The van der Waals surface area contributed by atoms with Crippen LogP contribution in [0, 0.1) is 0 Å². The Labute approximate surface area is 102 Å². The number of rotatable bonds is 5. The van der Waals surface area contributed by atoms with Crippen molar-refractivity contribution >= 4 is 23.0 Å². The maximum absolute atomic E-state index is 11.4. The quantitative estimate of drug-likeness (QED) is 0.605. The number of carbonyl (C=O) groups excluding carboxylic acids is 1. The Bertz CT molecular complexity index is 411. The molecule has 1 aromatic carbocycles. The first-order valence-electron chi connectivity index (χ1n) is 5.70. The number of para-hydroxylation sites is 1. The van der Waals surface area contributed by atoms with Crippen molar-refractivity contribution in [1.82, 2.24) is 0 Å². The smallest absolute Gasteiger partial charge is 0.247 e.